The Morgan fingerprint density at radius 3 is 2.92 bits per heavy atom. The minimum atomic E-state index is -0.491. The van der Waals surface area contributed by atoms with Crippen LogP contribution in [0.4, 0.5) is 14.5 Å². The van der Waals surface area contributed by atoms with Crippen LogP contribution in [0, 0.1) is 11.6 Å². The van der Waals surface area contributed by atoms with Gasteiger partial charge in [-0.1, -0.05) is 0 Å². The molecule has 1 aromatic rings. The van der Waals surface area contributed by atoms with Crippen molar-refractivity contribution < 1.29 is 8.78 Å². The van der Waals surface area contributed by atoms with Crippen LogP contribution in [0.25, 0.3) is 0 Å². The van der Waals surface area contributed by atoms with E-state index >= 15 is 0 Å². The summed E-state index contributed by atoms with van der Waals surface area (Å²) in [7, 11) is 0. The molecule has 0 saturated heterocycles. The van der Waals surface area contributed by atoms with Gasteiger partial charge in [-0.3, -0.25) is 0 Å². The lowest BCUT2D eigenvalue weighted by Gasteiger charge is -2.18. The molecule has 0 aliphatic carbocycles. The van der Waals surface area contributed by atoms with Crippen molar-refractivity contribution >= 4 is 5.69 Å². The summed E-state index contributed by atoms with van der Waals surface area (Å²) in [5.74, 6) is -0.973. The SMILES string of the molecule is Fc1cc(F)c2c(c1)CCCN2. The van der Waals surface area contributed by atoms with Crippen molar-refractivity contribution in [1.29, 1.82) is 0 Å². The van der Waals surface area contributed by atoms with Crippen LogP contribution in [0.2, 0.25) is 0 Å². The third-order valence-electron chi connectivity index (χ3n) is 2.06. The zero-order chi connectivity index (χ0) is 8.55. The number of hydrogen-bond donors (Lipinski definition) is 1. The van der Waals surface area contributed by atoms with E-state index in [0.29, 0.717) is 5.69 Å². The first-order valence-corrected chi connectivity index (χ1v) is 3.99. The lowest BCUT2D eigenvalue weighted by molar-refractivity contribution is 0.577. The van der Waals surface area contributed by atoms with Gasteiger partial charge in [0.2, 0.25) is 0 Å². The molecule has 64 valence electrons. The molecule has 0 radical (unpaired) electrons. The molecule has 0 unspecified atom stereocenters. The fraction of sp³-hybridized carbons (Fsp3) is 0.333. The Balaban J connectivity index is 2.53. The van der Waals surface area contributed by atoms with Gasteiger partial charge in [0, 0.05) is 12.6 Å². The van der Waals surface area contributed by atoms with Gasteiger partial charge >= 0.3 is 0 Å². The molecule has 12 heavy (non-hydrogen) atoms. The zero-order valence-corrected chi connectivity index (χ0v) is 6.53. The molecule has 0 bridgehead atoms. The van der Waals surface area contributed by atoms with E-state index in [2.05, 4.69) is 5.32 Å². The summed E-state index contributed by atoms with van der Waals surface area (Å²) >= 11 is 0. The molecule has 0 spiro atoms. The van der Waals surface area contributed by atoms with Gasteiger partial charge in [0.25, 0.3) is 0 Å². The first kappa shape index (κ1) is 7.53. The van der Waals surface area contributed by atoms with Crippen LogP contribution in [-0.2, 0) is 6.42 Å². The highest BCUT2D eigenvalue weighted by Gasteiger charge is 2.13. The molecule has 1 aliphatic rings. The van der Waals surface area contributed by atoms with Crippen LogP contribution < -0.4 is 5.32 Å². The Morgan fingerprint density at radius 2 is 2.08 bits per heavy atom. The number of aryl methyl sites for hydroxylation is 1. The second-order valence-corrected chi connectivity index (χ2v) is 2.95. The fourth-order valence-corrected chi connectivity index (χ4v) is 1.51. The minimum Gasteiger partial charge on any atom is -0.382 e. The van der Waals surface area contributed by atoms with Gasteiger partial charge < -0.3 is 5.32 Å². The van der Waals surface area contributed by atoms with E-state index in [9.17, 15) is 8.78 Å². The van der Waals surface area contributed by atoms with E-state index < -0.39 is 11.6 Å². The largest absolute Gasteiger partial charge is 0.382 e. The average Bonchev–Trinajstić information content (AvgIpc) is 2.04. The molecule has 1 nitrogen and oxygen atoms in total. The van der Waals surface area contributed by atoms with E-state index in [1.165, 1.54) is 6.07 Å². The maximum absolute atomic E-state index is 13.0. The summed E-state index contributed by atoms with van der Waals surface area (Å²) in [4.78, 5) is 0. The number of fused-ring (bicyclic) bond motifs is 1. The van der Waals surface area contributed by atoms with Crippen LogP contribution in [0.1, 0.15) is 12.0 Å². The van der Waals surface area contributed by atoms with E-state index in [-0.39, 0.29) is 0 Å². The minimum absolute atomic E-state index is 0.475. The van der Waals surface area contributed by atoms with Gasteiger partial charge in [0.05, 0.1) is 5.69 Å². The molecule has 1 N–H and O–H groups in total. The third-order valence-corrected chi connectivity index (χ3v) is 2.06. The number of hydrogen-bond acceptors (Lipinski definition) is 1. The van der Waals surface area contributed by atoms with Crippen molar-refractivity contribution in [3.8, 4) is 0 Å². The molecule has 0 atom stereocenters. The smallest absolute Gasteiger partial charge is 0.149 e. The van der Waals surface area contributed by atoms with E-state index in [1.807, 2.05) is 0 Å². The predicted molar refractivity (Wildman–Crippen MR) is 43.2 cm³/mol. The Labute approximate surface area is 69.4 Å². The summed E-state index contributed by atoms with van der Waals surface area (Å²) in [5.41, 5.74) is 1.22. The van der Waals surface area contributed by atoms with Crippen LogP contribution in [0.15, 0.2) is 12.1 Å². The van der Waals surface area contributed by atoms with Gasteiger partial charge in [0.1, 0.15) is 11.6 Å². The Hall–Kier alpha value is -1.12. The molecule has 0 saturated carbocycles. The van der Waals surface area contributed by atoms with Crippen molar-refractivity contribution in [2.24, 2.45) is 0 Å². The summed E-state index contributed by atoms with van der Waals surface area (Å²) in [5, 5.41) is 2.92. The first-order valence-electron chi connectivity index (χ1n) is 3.99. The number of benzene rings is 1. The Kier molecular flexibility index (Phi) is 1.71. The molecular formula is C9H9F2N. The van der Waals surface area contributed by atoms with Crippen LogP contribution in [-0.4, -0.2) is 6.54 Å². The average molecular weight is 169 g/mol. The van der Waals surface area contributed by atoms with E-state index in [1.54, 1.807) is 0 Å². The van der Waals surface area contributed by atoms with Crippen molar-refractivity contribution in [2.75, 3.05) is 11.9 Å². The fourth-order valence-electron chi connectivity index (χ4n) is 1.51. The molecule has 1 aliphatic heterocycles. The predicted octanol–water partition coefficient (Wildman–Crippen LogP) is 2.32. The van der Waals surface area contributed by atoms with Gasteiger partial charge in [-0.05, 0) is 24.5 Å². The first-order chi connectivity index (χ1) is 5.77. The van der Waals surface area contributed by atoms with Crippen molar-refractivity contribution in [1.82, 2.24) is 0 Å². The summed E-state index contributed by atoms with van der Waals surface area (Å²) in [6, 6.07) is 2.31. The molecule has 2 rings (SSSR count). The lowest BCUT2D eigenvalue weighted by atomic mass is 10.0. The zero-order valence-electron chi connectivity index (χ0n) is 6.53. The maximum atomic E-state index is 13.0. The highest BCUT2D eigenvalue weighted by atomic mass is 19.1. The van der Waals surface area contributed by atoms with Gasteiger partial charge in [0.15, 0.2) is 0 Å². The number of nitrogens with one attached hydrogen (secondary N) is 1. The highest BCUT2D eigenvalue weighted by molar-refractivity contribution is 5.54. The third kappa shape index (κ3) is 1.15. The summed E-state index contributed by atoms with van der Waals surface area (Å²) in [6.45, 7) is 0.773. The second kappa shape index (κ2) is 2.73. The second-order valence-electron chi connectivity index (χ2n) is 2.95. The van der Waals surface area contributed by atoms with Crippen LogP contribution in [0.5, 0.6) is 0 Å². The molecule has 0 aromatic heterocycles. The number of rotatable bonds is 0. The Morgan fingerprint density at radius 1 is 1.25 bits per heavy atom. The summed E-state index contributed by atoms with van der Waals surface area (Å²) in [6.07, 6.45) is 1.70. The normalized spacial score (nSPS) is 15.2. The molecule has 3 heteroatoms. The number of anilines is 1. The maximum Gasteiger partial charge on any atom is 0.149 e. The van der Waals surface area contributed by atoms with Crippen molar-refractivity contribution in [3.63, 3.8) is 0 Å². The summed E-state index contributed by atoms with van der Waals surface area (Å²) < 4.78 is 25.7. The molecule has 0 amide bonds. The standard InChI is InChI=1S/C9H9F2N/c10-7-4-6-2-1-3-12-9(6)8(11)5-7/h4-5,12H,1-3H2. The number of halogens is 2. The topological polar surface area (TPSA) is 12.0 Å². The molecular weight excluding hydrogens is 160 g/mol. The van der Waals surface area contributed by atoms with Gasteiger partial charge in [-0.25, -0.2) is 8.78 Å². The molecule has 1 heterocycles. The lowest BCUT2D eigenvalue weighted by Crippen LogP contribution is -2.13. The highest BCUT2D eigenvalue weighted by Crippen LogP contribution is 2.25. The quantitative estimate of drug-likeness (QED) is 0.628. The van der Waals surface area contributed by atoms with Gasteiger partial charge in [-0.15, -0.1) is 0 Å². The van der Waals surface area contributed by atoms with E-state index in [0.717, 1.165) is 31.0 Å². The van der Waals surface area contributed by atoms with Crippen LogP contribution >= 0.6 is 0 Å². The van der Waals surface area contributed by atoms with Crippen molar-refractivity contribution in [3.05, 3.63) is 29.3 Å². The molecule has 1 aromatic carbocycles. The Bertz CT molecular complexity index is 310. The molecule has 0 fully saturated rings. The van der Waals surface area contributed by atoms with Crippen molar-refractivity contribution in [2.45, 2.75) is 12.8 Å². The monoisotopic (exact) mass is 169 g/mol. The van der Waals surface area contributed by atoms with Crippen LogP contribution in [0.3, 0.4) is 0 Å². The van der Waals surface area contributed by atoms with E-state index in [4.69, 9.17) is 0 Å². The van der Waals surface area contributed by atoms with Gasteiger partial charge in [-0.2, -0.15) is 0 Å².